The molecule has 2 aromatic rings. The van der Waals surface area contributed by atoms with Gasteiger partial charge in [0.1, 0.15) is 0 Å². The van der Waals surface area contributed by atoms with Crippen molar-refractivity contribution in [3.63, 3.8) is 0 Å². The number of aryl methyl sites for hydroxylation is 1. The molecule has 0 unspecified atom stereocenters. The van der Waals surface area contributed by atoms with E-state index in [1.54, 1.807) is 11.3 Å². The Balaban J connectivity index is 1.79. The van der Waals surface area contributed by atoms with Crippen LogP contribution in [-0.4, -0.2) is 23.8 Å². The number of thiophene rings is 1. The lowest BCUT2D eigenvalue weighted by molar-refractivity contribution is 0.215. The fourth-order valence-corrected chi connectivity index (χ4v) is 2.87. The Morgan fingerprint density at radius 1 is 1.24 bits per heavy atom. The van der Waals surface area contributed by atoms with Crippen molar-refractivity contribution in [1.82, 2.24) is 10.6 Å². The molecule has 112 valence electrons. The van der Waals surface area contributed by atoms with Crippen LogP contribution < -0.4 is 10.6 Å². The third-order valence-corrected chi connectivity index (χ3v) is 4.10. The highest BCUT2D eigenvalue weighted by atomic mass is 32.1. The van der Waals surface area contributed by atoms with Crippen molar-refractivity contribution in [3.05, 3.63) is 57.8 Å². The third-order valence-electron chi connectivity index (χ3n) is 3.10. The van der Waals surface area contributed by atoms with Gasteiger partial charge >= 0.3 is 6.03 Å². The van der Waals surface area contributed by atoms with E-state index in [-0.39, 0.29) is 18.7 Å². The van der Waals surface area contributed by atoms with Crippen molar-refractivity contribution >= 4 is 17.4 Å². The standard InChI is InChI=1S/C16H20N2O2S/c1-12-7-8-15(21-12)10-17-16(20)18-14(11-19)9-13-5-3-2-4-6-13/h2-8,14,19H,9-11H2,1H3,(H2,17,18,20)/t14-/m0/s1. The van der Waals surface area contributed by atoms with Gasteiger partial charge in [-0.1, -0.05) is 30.3 Å². The van der Waals surface area contributed by atoms with E-state index >= 15 is 0 Å². The number of hydrogen-bond acceptors (Lipinski definition) is 3. The van der Waals surface area contributed by atoms with Crippen molar-refractivity contribution in [1.29, 1.82) is 0 Å². The van der Waals surface area contributed by atoms with Gasteiger partial charge in [-0.2, -0.15) is 0 Å². The number of amides is 2. The summed E-state index contributed by atoms with van der Waals surface area (Å²) in [6, 6.07) is 13.3. The molecule has 1 aromatic heterocycles. The predicted octanol–water partition coefficient (Wildman–Crippen LogP) is 2.46. The molecule has 0 aliphatic carbocycles. The summed E-state index contributed by atoms with van der Waals surface area (Å²) in [4.78, 5) is 14.2. The summed E-state index contributed by atoms with van der Waals surface area (Å²) in [5.41, 5.74) is 1.09. The summed E-state index contributed by atoms with van der Waals surface area (Å²) in [6.45, 7) is 2.46. The van der Waals surface area contributed by atoms with Crippen LogP contribution in [0.25, 0.3) is 0 Å². The maximum atomic E-state index is 11.9. The summed E-state index contributed by atoms with van der Waals surface area (Å²) in [5, 5.41) is 15.0. The Morgan fingerprint density at radius 3 is 2.62 bits per heavy atom. The zero-order valence-electron chi connectivity index (χ0n) is 12.0. The van der Waals surface area contributed by atoms with Gasteiger partial charge in [0, 0.05) is 9.75 Å². The number of carbonyl (C=O) groups is 1. The number of benzene rings is 1. The Labute approximate surface area is 128 Å². The average Bonchev–Trinajstić information content (AvgIpc) is 2.91. The van der Waals surface area contributed by atoms with Crippen molar-refractivity contribution in [2.45, 2.75) is 25.9 Å². The zero-order valence-corrected chi connectivity index (χ0v) is 12.8. The van der Waals surface area contributed by atoms with E-state index < -0.39 is 0 Å². The Hall–Kier alpha value is -1.85. The molecule has 3 N–H and O–H groups in total. The molecule has 5 heteroatoms. The quantitative estimate of drug-likeness (QED) is 0.768. The van der Waals surface area contributed by atoms with Gasteiger partial charge in [0.05, 0.1) is 19.2 Å². The second-order valence-corrected chi connectivity index (χ2v) is 6.28. The molecule has 2 rings (SSSR count). The molecule has 0 aliphatic heterocycles. The SMILES string of the molecule is Cc1ccc(CNC(=O)N[C@H](CO)Cc2ccccc2)s1. The largest absolute Gasteiger partial charge is 0.394 e. The van der Waals surface area contributed by atoms with Crippen LogP contribution in [0.1, 0.15) is 15.3 Å². The highest BCUT2D eigenvalue weighted by molar-refractivity contribution is 7.11. The van der Waals surface area contributed by atoms with Crippen molar-refractivity contribution in [3.8, 4) is 0 Å². The summed E-state index contributed by atoms with van der Waals surface area (Å²) >= 11 is 1.67. The van der Waals surface area contributed by atoms with E-state index in [4.69, 9.17) is 0 Å². The number of aliphatic hydroxyl groups excluding tert-OH is 1. The zero-order chi connectivity index (χ0) is 15.1. The van der Waals surface area contributed by atoms with Crippen molar-refractivity contribution in [2.75, 3.05) is 6.61 Å². The first-order chi connectivity index (χ1) is 10.2. The summed E-state index contributed by atoms with van der Waals surface area (Å²) in [5.74, 6) is 0. The number of rotatable bonds is 6. The number of carbonyl (C=O) groups excluding carboxylic acids is 1. The molecule has 0 saturated heterocycles. The van der Waals surface area contributed by atoms with E-state index in [1.807, 2.05) is 49.4 Å². The monoisotopic (exact) mass is 304 g/mol. The maximum absolute atomic E-state index is 11.9. The van der Waals surface area contributed by atoms with Crippen LogP contribution in [-0.2, 0) is 13.0 Å². The molecule has 1 aromatic carbocycles. The highest BCUT2D eigenvalue weighted by Gasteiger charge is 2.11. The molecule has 2 amide bonds. The molecule has 0 spiro atoms. The van der Waals surface area contributed by atoms with Crippen LogP contribution in [0, 0.1) is 6.92 Å². The van der Waals surface area contributed by atoms with Gasteiger partial charge < -0.3 is 15.7 Å². The van der Waals surface area contributed by atoms with Crippen LogP contribution in [0.3, 0.4) is 0 Å². The minimum absolute atomic E-state index is 0.0829. The van der Waals surface area contributed by atoms with Gasteiger partial charge in [0.15, 0.2) is 0 Å². The van der Waals surface area contributed by atoms with Crippen LogP contribution in [0.15, 0.2) is 42.5 Å². The van der Waals surface area contributed by atoms with Crippen LogP contribution in [0.5, 0.6) is 0 Å². The number of urea groups is 1. The minimum atomic E-state index is -0.280. The first-order valence-electron chi connectivity index (χ1n) is 6.92. The lowest BCUT2D eigenvalue weighted by Gasteiger charge is -2.16. The van der Waals surface area contributed by atoms with E-state index in [9.17, 15) is 9.90 Å². The first kappa shape index (κ1) is 15.5. The Kier molecular flexibility index (Phi) is 5.78. The van der Waals surface area contributed by atoms with Crippen LogP contribution in [0.4, 0.5) is 4.79 Å². The molecule has 1 heterocycles. The van der Waals surface area contributed by atoms with E-state index in [0.29, 0.717) is 13.0 Å². The summed E-state index contributed by atoms with van der Waals surface area (Å²) in [6.07, 6.45) is 0.614. The molecule has 0 aliphatic rings. The van der Waals surface area contributed by atoms with Gasteiger partial charge in [-0.15, -0.1) is 11.3 Å². The summed E-state index contributed by atoms with van der Waals surface area (Å²) in [7, 11) is 0. The molecule has 21 heavy (non-hydrogen) atoms. The van der Waals surface area contributed by atoms with Gasteiger partial charge in [0.25, 0.3) is 0 Å². The molecular weight excluding hydrogens is 284 g/mol. The maximum Gasteiger partial charge on any atom is 0.315 e. The minimum Gasteiger partial charge on any atom is -0.394 e. The van der Waals surface area contributed by atoms with Crippen LogP contribution >= 0.6 is 11.3 Å². The van der Waals surface area contributed by atoms with Crippen molar-refractivity contribution < 1.29 is 9.90 Å². The fraction of sp³-hybridized carbons (Fsp3) is 0.312. The van der Waals surface area contributed by atoms with Gasteiger partial charge in [-0.25, -0.2) is 4.79 Å². The predicted molar refractivity (Wildman–Crippen MR) is 85.4 cm³/mol. The summed E-state index contributed by atoms with van der Waals surface area (Å²) < 4.78 is 0. The molecular formula is C16H20N2O2S. The first-order valence-corrected chi connectivity index (χ1v) is 7.73. The molecule has 0 saturated carbocycles. The molecule has 1 atom stereocenters. The van der Waals surface area contributed by atoms with E-state index in [1.165, 1.54) is 4.88 Å². The Morgan fingerprint density at radius 2 is 2.00 bits per heavy atom. The smallest absolute Gasteiger partial charge is 0.315 e. The Bertz CT molecular complexity index is 569. The number of nitrogens with one attached hydrogen (secondary N) is 2. The second-order valence-electron chi connectivity index (χ2n) is 4.91. The normalized spacial score (nSPS) is 11.9. The highest BCUT2D eigenvalue weighted by Crippen LogP contribution is 2.14. The lowest BCUT2D eigenvalue weighted by Crippen LogP contribution is -2.44. The number of aliphatic hydroxyl groups is 1. The molecule has 0 radical (unpaired) electrons. The molecule has 0 fully saturated rings. The van der Waals surface area contributed by atoms with Gasteiger partial charge in [-0.3, -0.25) is 0 Å². The average molecular weight is 304 g/mol. The van der Waals surface area contributed by atoms with Crippen molar-refractivity contribution in [2.24, 2.45) is 0 Å². The topological polar surface area (TPSA) is 61.4 Å². The lowest BCUT2D eigenvalue weighted by atomic mass is 10.1. The third kappa shape index (κ3) is 5.21. The fourth-order valence-electron chi connectivity index (χ4n) is 2.04. The van der Waals surface area contributed by atoms with Gasteiger partial charge in [0.2, 0.25) is 0 Å². The molecule has 4 nitrogen and oxygen atoms in total. The van der Waals surface area contributed by atoms with E-state index in [2.05, 4.69) is 10.6 Å². The number of hydrogen-bond donors (Lipinski definition) is 3. The molecule has 0 bridgehead atoms. The van der Waals surface area contributed by atoms with Crippen LogP contribution in [0.2, 0.25) is 0 Å². The second kappa shape index (κ2) is 7.81. The van der Waals surface area contributed by atoms with E-state index in [0.717, 1.165) is 10.4 Å². The van der Waals surface area contributed by atoms with Gasteiger partial charge in [-0.05, 0) is 31.0 Å².